The molecule has 1 aliphatic carbocycles. The smallest absolute Gasteiger partial charge is 0.184 e. The van der Waals surface area contributed by atoms with E-state index >= 15 is 0 Å². The summed E-state index contributed by atoms with van der Waals surface area (Å²) < 4.78 is 23.8. The van der Waals surface area contributed by atoms with Gasteiger partial charge in [0, 0.05) is 50.2 Å². The van der Waals surface area contributed by atoms with Gasteiger partial charge in [-0.05, 0) is 108 Å². The van der Waals surface area contributed by atoms with Gasteiger partial charge in [-0.3, -0.25) is 0 Å². The number of nitrogens with zero attached hydrogens (tertiary/aromatic N) is 2. The molecule has 2 fully saturated rings. The van der Waals surface area contributed by atoms with E-state index in [1.165, 1.54) is 44.2 Å². The van der Waals surface area contributed by atoms with Gasteiger partial charge in [-0.1, -0.05) is 111 Å². The summed E-state index contributed by atoms with van der Waals surface area (Å²) in [5, 5.41) is 2.38. The van der Waals surface area contributed by atoms with Gasteiger partial charge in [0.25, 0.3) is 0 Å². The summed E-state index contributed by atoms with van der Waals surface area (Å²) in [6.45, 7) is 11.4. The molecule has 0 spiro atoms. The van der Waals surface area contributed by atoms with Crippen LogP contribution < -0.4 is 9.80 Å². The number of ether oxygens (including phenoxy) is 4. The molecular weight excluding hydrogens is 729 g/mol. The summed E-state index contributed by atoms with van der Waals surface area (Å²) >= 11 is 0. The van der Waals surface area contributed by atoms with Crippen molar-refractivity contribution in [3.8, 4) is 11.1 Å². The molecule has 7 aromatic rings. The molecule has 0 radical (unpaired) electrons. The van der Waals surface area contributed by atoms with Crippen molar-refractivity contribution in [1.82, 2.24) is 0 Å². The van der Waals surface area contributed by atoms with Crippen LogP contribution in [0.2, 0.25) is 0 Å². The minimum Gasteiger partial charge on any atom is -0.346 e. The first-order valence-electron chi connectivity index (χ1n) is 20.7. The van der Waals surface area contributed by atoms with Crippen LogP contribution in [0.15, 0.2) is 152 Å². The molecule has 0 unspecified atom stereocenters. The van der Waals surface area contributed by atoms with Crippen molar-refractivity contribution in [1.29, 1.82) is 0 Å². The second-order valence-corrected chi connectivity index (χ2v) is 16.1. The Bertz CT molecular complexity index is 2720. The quantitative estimate of drug-likeness (QED) is 0.145. The van der Waals surface area contributed by atoms with Gasteiger partial charge < -0.3 is 28.7 Å². The highest BCUT2D eigenvalue weighted by Gasteiger charge is 2.37. The van der Waals surface area contributed by atoms with E-state index in [1.807, 2.05) is 0 Å². The van der Waals surface area contributed by atoms with Crippen molar-refractivity contribution in [2.75, 3.05) is 36.2 Å². The Morgan fingerprint density at radius 1 is 0.525 bits per heavy atom. The summed E-state index contributed by atoms with van der Waals surface area (Å²) in [5.41, 5.74) is 15.7. The lowest BCUT2D eigenvalue weighted by Gasteiger charge is -2.31. The van der Waals surface area contributed by atoms with Crippen molar-refractivity contribution >= 4 is 51.0 Å². The highest BCUT2D eigenvalue weighted by Crippen LogP contribution is 2.53. The molecule has 0 N–H and O–H groups in total. The molecule has 0 amide bonds. The number of allylic oxidation sites excluding steroid dienone is 1. The molecule has 2 aliphatic heterocycles. The van der Waals surface area contributed by atoms with E-state index < -0.39 is 0 Å². The van der Waals surface area contributed by atoms with Crippen LogP contribution in [0.3, 0.4) is 0 Å². The number of aryl methyl sites for hydroxylation is 1. The fourth-order valence-electron chi connectivity index (χ4n) is 9.22. The van der Waals surface area contributed by atoms with Gasteiger partial charge in [0.15, 0.2) is 12.6 Å². The SMILES string of the molecule is C/C=C\c1c(C)cccc1N(c1cccc(C2OCCO2)c1)c1ccc2c(c1)C(C)(C)c1cc(N(c3cccc(C4OCCO4)c3)c3cccc4ccccc34)ccc1-2. The van der Waals surface area contributed by atoms with Crippen LogP contribution in [0.25, 0.3) is 28.0 Å². The predicted octanol–water partition coefficient (Wildman–Crippen LogP) is 13.5. The molecule has 2 heterocycles. The third-order valence-electron chi connectivity index (χ3n) is 12.1. The van der Waals surface area contributed by atoms with Crippen LogP contribution in [0.5, 0.6) is 0 Å². The second kappa shape index (κ2) is 15.3. The summed E-state index contributed by atoms with van der Waals surface area (Å²) in [5.74, 6) is 0. The van der Waals surface area contributed by atoms with Gasteiger partial charge in [0.2, 0.25) is 0 Å². The van der Waals surface area contributed by atoms with E-state index in [0.717, 1.165) is 45.3 Å². The Labute approximate surface area is 346 Å². The zero-order chi connectivity index (χ0) is 40.1. The van der Waals surface area contributed by atoms with Crippen LogP contribution in [0.4, 0.5) is 34.1 Å². The fourth-order valence-corrected chi connectivity index (χ4v) is 9.22. The van der Waals surface area contributed by atoms with Crippen molar-refractivity contribution in [3.05, 3.63) is 185 Å². The summed E-state index contributed by atoms with van der Waals surface area (Å²) in [7, 11) is 0. The lowest BCUT2D eigenvalue weighted by molar-refractivity contribution is -0.0442. The van der Waals surface area contributed by atoms with Crippen LogP contribution in [0, 0.1) is 6.92 Å². The van der Waals surface area contributed by atoms with E-state index in [2.05, 4.69) is 195 Å². The average Bonchev–Trinajstić information content (AvgIpc) is 4.05. The minimum absolute atomic E-state index is 0.299. The van der Waals surface area contributed by atoms with E-state index in [1.54, 1.807) is 0 Å². The number of hydrogen-bond acceptors (Lipinski definition) is 6. The molecule has 294 valence electrons. The van der Waals surface area contributed by atoms with E-state index in [-0.39, 0.29) is 18.0 Å². The molecule has 0 bridgehead atoms. The molecule has 0 aromatic heterocycles. The molecule has 0 atom stereocenters. The summed E-state index contributed by atoms with van der Waals surface area (Å²) in [6, 6.07) is 52.9. The number of hydrogen-bond donors (Lipinski definition) is 0. The Hall–Kier alpha value is -6.02. The first-order chi connectivity index (χ1) is 28.9. The maximum Gasteiger partial charge on any atom is 0.184 e. The molecule has 7 aromatic carbocycles. The summed E-state index contributed by atoms with van der Waals surface area (Å²) in [6.07, 6.45) is 3.60. The maximum atomic E-state index is 5.96. The van der Waals surface area contributed by atoms with Crippen molar-refractivity contribution in [3.63, 3.8) is 0 Å². The van der Waals surface area contributed by atoms with Crippen molar-refractivity contribution in [2.45, 2.75) is 45.7 Å². The van der Waals surface area contributed by atoms with Gasteiger partial charge >= 0.3 is 0 Å². The standard InChI is InChI=1S/C53H48N2O4/c1-5-12-43-35(2)13-8-21-49(43)54(39-18-9-16-37(31-39)51-56-27-28-57-51)41-23-25-45-46-26-24-42(34-48(46)53(3,4)47(45)33-41)55(50-22-11-15-36-14-6-7-20-44(36)50)40-19-10-17-38(32-40)52-58-29-30-59-52/h5-26,31-34,51-52H,27-30H2,1-4H3/b12-5-. The molecule has 6 heteroatoms. The van der Waals surface area contributed by atoms with Crippen molar-refractivity contribution in [2.24, 2.45) is 0 Å². The summed E-state index contributed by atoms with van der Waals surface area (Å²) in [4.78, 5) is 4.77. The van der Waals surface area contributed by atoms with Crippen molar-refractivity contribution < 1.29 is 18.9 Å². The molecule has 6 nitrogen and oxygen atoms in total. The zero-order valence-corrected chi connectivity index (χ0v) is 34.0. The Balaban J connectivity index is 1.10. The predicted molar refractivity (Wildman–Crippen MR) is 240 cm³/mol. The van der Waals surface area contributed by atoms with Gasteiger partial charge in [0.05, 0.1) is 37.8 Å². The Kier molecular flexibility index (Phi) is 9.66. The van der Waals surface area contributed by atoms with Crippen LogP contribution in [-0.2, 0) is 24.4 Å². The Morgan fingerprint density at radius 2 is 1.02 bits per heavy atom. The number of anilines is 6. The van der Waals surface area contributed by atoms with E-state index in [4.69, 9.17) is 18.9 Å². The van der Waals surface area contributed by atoms with Gasteiger partial charge in [-0.15, -0.1) is 0 Å². The zero-order valence-electron chi connectivity index (χ0n) is 34.0. The molecule has 2 saturated heterocycles. The van der Waals surface area contributed by atoms with Crippen LogP contribution >= 0.6 is 0 Å². The molecule has 3 aliphatic rings. The highest BCUT2D eigenvalue weighted by molar-refractivity contribution is 5.99. The first-order valence-corrected chi connectivity index (χ1v) is 20.7. The van der Waals surface area contributed by atoms with Gasteiger partial charge in [-0.25, -0.2) is 0 Å². The third-order valence-corrected chi connectivity index (χ3v) is 12.1. The Morgan fingerprint density at radius 3 is 1.61 bits per heavy atom. The van der Waals surface area contributed by atoms with Gasteiger partial charge in [0.1, 0.15) is 0 Å². The molecule has 0 saturated carbocycles. The largest absolute Gasteiger partial charge is 0.346 e. The monoisotopic (exact) mass is 776 g/mol. The molecule has 59 heavy (non-hydrogen) atoms. The lowest BCUT2D eigenvalue weighted by Crippen LogP contribution is -2.18. The molecular formula is C53H48N2O4. The highest BCUT2D eigenvalue weighted by atomic mass is 16.7. The number of rotatable bonds is 9. The normalized spacial score (nSPS) is 16.2. The first kappa shape index (κ1) is 37.3. The molecule has 10 rings (SSSR count). The maximum absolute atomic E-state index is 5.96. The number of benzene rings is 7. The fraction of sp³-hybridized carbons (Fsp3) is 0.208. The minimum atomic E-state index is -0.368. The second-order valence-electron chi connectivity index (χ2n) is 16.1. The van der Waals surface area contributed by atoms with Crippen LogP contribution in [-0.4, -0.2) is 26.4 Å². The average molecular weight is 777 g/mol. The van der Waals surface area contributed by atoms with Crippen LogP contribution in [0.1, 0.15) is 66.7 Å². The topological polar surface area (TPSA) is 43.4 Å². The lowest BCUT2D eigenvalue weighted by atomic mass is 9.82. The van der Waals surface area contributed by atoms with E-state index in [9.17, 15) is 0 Å². The van der Waals surface area contributed by atoms with E-state index in [0.29, 0.717) is 26.4 Å². The van der Waals surface area contributed by atoms with Gasteiger partial charge in [-0.2, -0.15) is 0 Å². The third kappa shape index (κ3) is 6.63. The number of fused-ring (bicyclic) bond motifs is 4.